The average Bonchev–Trinajstić information content (AvgIpc) is 3.59. The van der Waals surface area contributed by atoms with Gasteiger partial charge in [-0.05, 0) is 97.1 Å². The number of halogens is 1. The number of non-ortho nitro benzene ring substituents is 1. The molecule has 5 aromatic rings. The van der Waals surface area contributed by atoms with Crippen molar-refractivity contribution in [3.63, 3.8) is 0 Å². The molecule has 40 heavy (non-hydrogen) atoms. The van der Waals surface area contributed by atoms with Crippen LogP contribution in [0.5, 0.6) is 0 Å². The molecule has 1 aliphatic rings. The van der Waals surface area contributed by atoms with Gasteiger partial charge in [-0.15, -0.1) is 0 Å². The Morgan fingerprint density at radius 2 is 1.62 bits per heavy atom. The number of hydrogen-bond donors (Lipinski definition) is 1. The SMILES string of the molecule is O=[N+]([O-])c1ccc(Sc2ccc(N3C(=S)N[C@H](c4ccccn4)[C@@H]3c3ccc(-c4ccc(F)cc4)o3)cc2)cc1. The molecule has 0 saturated carbocycles. The van der Waals surface area contributed by atoms with Crippen LogP contribution in [0.3, 0.4) is 0 Å². The predicted molar refractivity (Wildman–Crippen MR) is 156 cm³/mol. The number of nitrogens with zero attached hydrogens (tertiary/aromatic N) is 3. The molecule has 2 atom stereocenters. The fraction of sp³-hybridized carbons (Fsp3) is 0.0667. The Morgan fingerprint density at radius 3 is 2.27 bits per heavy atom. The van der Waals surface area contributed by atoms with Crippen LogP contribution in [0.4, 0.5) is 15.8 Å². The van der Waals surface area contributed by atoms with Crippen LogP contribution >= 0.6 is 24.0 Å². The molecule has 6 rings (SSSR count). The highest BCUT2D eigenvalue weighted by atomic mass is 32.2. The maximum Gasteiger partial charge on any atom is 0.269 e. The molecule has 0 bridgehead atoms. The molecular formula is C30H21FN4O3S2. The van der Waals surface area contributed by atoms with Gasteiger partial charge in [0.25, 0.3) is 5.69 Å². The van der Waals surface area contributed by atoms with Crippen molar-refractivity contribution in [1.82, 2.24) is 10.3 Å². The smallest absolute Gasteiger partial charge is 0.269 e. The molecular weight excluding hydrogens is 547 g/mol. The van der Waals surface area contributed by atoms with E-state index in [4.69, 9.17) is 16.6 Å². The number of nitro groups is 1. The minimum atomic E-state index is -0.410. The number of anilines is 1. The van der Waals surface area contributed by atoms with Crippen molar-refractivity contribution in [2.24, 2.45) is 0 Å². The summed E-state index contributed by atoms with van der Waals surface area (Å²) in [4.78, 5) is 19.0. The zero-order chi connectivity index (χ0) is 27.6. The van der Waals surface area contributed by atoms with Crippen molar-refractivity contribution < 1.29 is 13.7 Å². The normalized spacial score (nSPS) is 16.6. The number of nitrogens with one attached hydrogen (secondary N) is 1. The third-order valence-corrected chi connectivity index (χ3v) is 7.87. The summed E-state index contributed by atoms with van der Waals surface area (Å²) in [6, 6.07) is 29.5. The Bertz CT molecular complexity index is 1660. The second-order valence-electron chi connectivity index (χ2n) is 9.05. The molecule has 1 aliphatic heterocycles. The van der Waals surface area contributed by atoms with Crippen LogP contribution in [-0.4, -0.2) is 15.0 Å². The van der Waals surface area contributed by atoms with Crippen LogP contribution in [0.25, 0.3) is 11.3 Å². The lowest BCUT2D eigenvalue weighted by Crippen LogP contribution is -2.29. The van der Waals surface area contributed by atoms with Crippen molar-refractivity contribution in [1.29, 1.82) is 0 Å². The number of benzene rings is 3. The van der Waals surface area contributed by atoms with Crippen molar-refractivity contribution in [2.75, 3.05) is 4.90 Å². The van der Waals surface area contributed by atoms with Gasteiger partial charge in [-0.1, -0.05) is 17.8 Å². The Labute approximate surface area is 238 Å². The number of rotatable bonds is 7. The summed E-state index contributed by atoms with van der Waals surface area (Å²) in [5, 5.41) is 14.9. The minimum Gasteiger partial charge on any atom is -0.459 e. The number of hydrogen-bond acceptors (Lipinski definition) is 6. The third-order valence-electron chi connectivity index (χ3n) is 6.54. The Hall–Kier alpha value is -4.54. The van der Waals surface area contributed by atoms with E-state index in [9.17, 15) is 14.5 Å². The molecule has 0 aliphatic carbocycles. The Balaban J connectivity index is 1.31. The molecule has 3 aromatic carbocycles. The van der Waals surface area contributed by atoms with Crippen LogP contribution in [0.15, 0.2) is 124 Å². The number of pyridine rings is 1. The van der Waals surface area contributed by atoms with E-state index in [1.54, 1.807) is 30.5 Å². The third kappa shape index (κ3) is 5.18. The molecule has 1 N–H and O–H groups in total. The molecule has 0 amide bonds. The molecule has 2 aromatic heterocycles. The number of thiocarbonyl (C=S) groups is 1. The predicted octanol–water partition coefficient (Wildman–Crippen LogP) is 7.72. The second-order valence-corrected chi connectivity index (χ2v) is 10.6. The minimum absolute atomic E-state index is 0.0590. The molecule has 3 heterocycles. The summed E-state index contributed by atoms with van der Waals surface area (Å²) in [6.45, 7) is 0. The molecule has 1 saturated heterocycles. The lowest BCUT2D eigenvalue weighted by Gasteiger charge is -2.26. The van der Waals surface area contributed by atoms with Crippen molar-refractivity contribution >= 4 is 40.5 Å². The second kappa shape index (κ2) is 10.9. The van der Waals surface area contributed by atoms with Crippen LogP contribution in [0.1, 0.15) is 23.5 Å². The van der Waals surface area contributed by atoms with E-state index >= 15 is 0 Å². The van der Waals surface area contributed by atoms with Crippen LogP contribution in [-0.2, 0) is 0 Å². The number of aromatic nitrogens is 1. The summed E-state index contributed by atoms with van der Waals surface area (Å²) >= 11 is 7.32. The van der Waals surface area contributed by atoms with Crippen LogP contribution in [0.2, 0.25) is 0 Å². The van der Waals surface area contributed by atoms with Crippen LogP contribution < -0.4 is 10.2 Å². The Morgan fingerprint density at radius 1 is 0.925 bits per heavy atom. The molecule has 0 radical (unpaired) electrons. The van der Waals surface area contributed by atoms with E-state index in [1.807, 2.05) is 59.5 Å². The largest absolute Gasteiger partial charge is 0.459 e. The van der Waals surface area contributed by atoms with E-state index in [0.29, 0.717) is 16.6 Å². The zero-order valence-corrected chi connectivity index (χ0v) is 22.4. The summed E-state index contributed by atoms with van der Waals surface area (Å²) in [5.41, 5.74) is 2.52. The highest BCUT2D eigenvalue weighted by Gasteiger charge is 2.42. The first-order valence-corrected chi connectivity index (χ1v) is 13.6. The molecule has 10 heteroatoms. The van der Waals surface area contributed by atoms with Gasteiger partial charge >= 0.3 is 0 Å². The average molecular weight is 569 g/mol. The van der Waals surface area contributed by atoms with Gasteiger partial charge in [0.2, 0.25) is 0 Å². The van der Waals surface area contributed by atoms with Crippen molar-refractivity contribution in [3.05, 3.63) is 137 Å². The highest BCUT2D eigenvalue weighted by molar-refractivity contribution is 7.99. The van der Waals surface area contributed by atoms with Gasteiger partial charge in [-0.2, -0.15) is 0 Å². The van der Waals surface area contributed by atoms with Gasteiger partial charge in [0.05, 0.1) is 16.7 Å². The zero-order valence-electron chi connectivity index (χ0n) is 20.8. The van der Waals surface area contributed by atoms with Gasteiger partial charge in [0.15, 0.2) is 5.11 Å². The van der Waals surface area contributed by atoms with Gasteiger partial charge in [0.1, 0.15) is 23.4 Å². The van der Waals surface area contributed by atoms with E-state index < -0.39 is 4.92 Å². The fourth-order valence-electron chi connectivity index (χ4n) is 4.65. The monoisotopic (exact) mass is 568 g/mol. The molecule has 7 nitrogen and oxygen atoms in total. The van der Waals surface area contributed by atoms with E-state index in [0.717, 1.165) is 26.7 Å². The standard InChI is InChI=1S/C30H21FN4O3S2/c31-20-6-4-19(5-7-20)26-16-17-27(38-26)29-28(25-3-1-2-18-32-25)33-30(39)34(29)21-8-12-23(13-9-21)40-24-14-10-22(11-15-24)35(36)37/h1-18,28-29H,(H,33,39)/t28-,29+/m1/s1. The van der Waals surface area contributed by atoms with Crippen LogP contribution in [0, 0.1) is 15.9 Å². The van der Waals surface area contributed by atoms with E-state index in [2.05, 4.69) is 10.3 Å². The van der Waals surface area contributed by atoms with E-state index in [-0.39, 0.29) is 23.6 Å². The van der Waals surface area contributed by atoms with E-state index in [1.165, 1.54) is 36.0 Å². The maximum absolute atomic E-state index is 13.5. The summed E-state index contributed by atoms with van der Waals surface area (Å²) in [5.74, 6) is 1.01. The molecule has 1 fully saturated rings. The lowest BCUT2D eigenvalue weighted by atomic mass is 10.0. The molecule has 0 unspecified atom stereocenters. The molecule has 198 valence electrons. The highest BCUT2D eigenvalue weighted by Crippen LogP contribution is 2.43. The topological polar surface area (TPSA) is 84.4 Å². The van der Waals surface area contributed by atoms with Gasteiger partial charge in [-0.3, -0.25) is 15.1 Å². The first-order valence-electron chi connectivity index (χ1n) is 12.3. The first kappa shape index (κ1) is 25.7. The summed E-state index contributed by atoms with van der Waals surface area (Å²) < 4.78 is 19.8. The Kier molecular flexibility index (Phi) is 7.02. The number of nitro benzene ring substituents is 1. The first-order chi connectivity index (χ1) is 19.5. The van der Waals surface area contributed by atoms with Crippen molar-refractivity contribution in [3.8, 4) is 11.3 Å². The lowest BCUT2D eigenvalue weighted by molar-refractivity contribution is -0.384. The quantitative estimate of drug-likeness (QED) is 0.121. The summed E-state index contributed by atoms with van der Waals surface area (Å²) in [7, 11) is 0. The summed E-state index contributed by atoms with van der Waals surface area (Å²) in [6.07, 6.45) is 1.75. The van der Waals surface area contributed by atoms with Crippen molar-refractivity contribution in [2.45, 2.75) is 21.9 Å². The fourth-order valence-corrected chi connectivity index (χ4v) is 5.81. The van der Waals surface area contributed by atoms with Gasteiger partial charge < -0.3 is 14.6 Å². The van der Waals surface area contributed by atoms with Gasteiger partial charge in [-0.25, -0.2) is 4.39 Å². The number of furan rings is 1. The van der Waals surface area contributed by atoms with Gasteiger partial charge in [0, 0.05) is 39.4 Å². The molecule has 0 spiro atoms. The maximum atomic E-state index is 13.5.